The fraction of sp³-hybridized carbons (Fsp3) is 0.235. The van der Waals surface area contributed by atoms with E-state index in [9.17, 15) is 4.39 Å². The van der Waals surface area contributed by atoms with E-state index in [-0.39, 0.29) is 5.82 Å². The molecule has 2 aromatic carbocycles. The van der Waals surface area contributed by atoms with Crippen molar-refractivity contribution in [1.82, 2.24) is 9.55 Å². The van der Waals surface area contributed by atoms with E-state index in [1.165, 1.54) is 23.4 Å². The summed E-state index contributed by atoms with van der Waals surface area (Å²) in [6.07, 6.45) is 2.25. The average molecular weight is 281 g/mol. The molecule has 3 aromatic rings. The number of aromatic nitrogens is 2. The highest BCUT2D eigenvalue weighted by atomic mass is 19.1. The topological polar surface area (TPSA) is 29.9 Å². The van der Waals surface area contributed by atoms with Crippen LogP contribution in [0.3, 0.4) is 0 Å². The molecule has 1 aliphatic rings. The number of rotatable bonds is 1. The minimum absolute atomic E-state index is 0.230. The summed E-state index contributed by atoms with van der Waals surface area (Å²) in [6, 6.07) is 11.1. The Labute approximate surface area is 122 Å². The van der Waals surface area contributed by atoms with Crippen LogP contribution in [0, 0.1) is 5.82 Å². The third-order valence-electron chi connectivity index (χ3n) is 4.14. The zero-order valence-corrected chi connectivity index (χ0v) is 11.9. The first kappa shape index (κ1) is 12.4. The molecular formula is C17H16FN3. The lowest BCUT2D eigenvalue weighted by atomic mass is 10.0. The van der Waals surface area contributed by atoms with Gasteiger partial charge in [0.1, 0.15) is 11.6 Å². The summed E-state index contributed by atoms with van der Waals surface area (Å²) in [5, 5.41) is 3.41. The standard InChI is InChI=1S/C17H16FN3/c1-21-16-10-13(18)5-7-15(16)20-17(21)12-4-6-14-11(9-12)3-2-8-19-14/h4-7,9-10,19H,2-3,8H2,1H3. The van der Waals surface area contributed by atoms with Crippen molar-refractivity contribution in [2.45, 2.75) is 12.8 Å². The van der Waals surface area contributed by atoms with Gasteiger partial charge >= 0.3 is 0 Å². The first-order valence-corrected chi connectivity index (χ1v) is 7.21. The summed E-state index contributed by atoms with van der Waals surface area (Å²) >= 11 is 0. The van der Waals surface area contributed by atoms with Crippen molar-refractivity contribution in [3.05, 3.63) is 47.8 Å². The Bertz CT molecular complexity index is 835. The van der Waals surface area contributed by atoms with Crippen LogP contribution in [0.15, 0.2) is 36.4 Å². The molecule has 0 fully saturated rings. The number of fused-ring (bicyclic) bond motifs is 2. The summed E-state index contributed by atoms with van der Waals surface area (Å²) in [6.45, 7) is 1.04. The molecule has 0 atom stereocenters. The molecule has 0 bridgehead atoms. The number of imidazole rings is 1. The lowest BCUT2D eigenvalue weighted by Crippen LogP contribution is -2.11. The Morgan fingerprint density at radius 3 is 3.00 bits per heavy atom. The van der Waals surface area contributed by atoms with Crippen LogP contribution in [0.25, 0.3) is 22.4 Å². The highest BCUT2D eigenvalue weighted by Gasteiger charge is 2.14. The van der Waals surface area contributed by atoms with Crippen molar-refractivity contribution in [2.24, 2.45) is 7.05 Å². The lowest BCUT2D eigenvalue weighted by molar-refractivity contribution is 0.629. The highest BCUT2D eigenvalue weighted by molar-refractivity contribution is 5.81. The van der Waals surface area contributed by atoms with Crippen LogP contribution in [-0.2, 0) is 13.5 Å². The van der Waals surface area contributed by atoms with E-state index in [0.717, 1.165) is 41.8 Å². The van der Waals surface area contributed by atoms with Gasteiger partial charge in [0.05, 0.1) is 11.0 Å². The van der Waals surface area contributed by atoms with Gasteiger partial charge < -0.3 is 9.88 Å². The fourth-order valence-electron chi connectivity index (χ4n) is 3.04. The largest absolute Gasteiger partial charge is 0.385 e. The van der Waals surface area contributed by atoms with Gasteiger partial charge in [0, 0.05) is 24.8 Å². The molecule has 0 unspecified atom stereocenters. The Morgan fingerprint density at radius 1 is 1.19 bits per heavy atom. The second-order valence-corrected chi connectivity index (χ2v) is 5.53. The van der Waals surface area contributed by atoms with Crippen LogP contribution in [0.5, 0.6) is 0 Å². The molecule has 0 saturated heterocycles. The number of nitrogens with one attached hydrogen (secondary N) is 1. The monoisotopic (exact) mass is 281 g/mol. The van der Waals surface area contributed by atoms with Gasteiger partial charge in [0.2, 0.25) is 0 Å². The summed E-state index contributed by atoms with van der Waals surface area (Å²) in [5.41, 5.74) is 5.27. The Morgan fingerprint density at radius 2 is 2.10 bits per heavy atom. The molecule has 4 heteroatoms. The average Bonchev–Trinajstić information content (AvgIpc) is 2.84. The van der Waals surface area contributed by atoms with E-state index in [2.05, 4.69) is 28.5 Å². The number of aryl methyl sites for hydroxylation is 2. The fourth-order valence-corrected chi connectivity index (χ4v) is 3.04. The van der Waals surface area contributed by atoms with Crippen molar-refractivity contribution in [3.8, 4) is 11.4 Å². The van der Waals surface area contributed by atoms with Gasteiger partial charge in [-0.15, -0.1) is 0 Å². The predicted molar refractivity (Wildman–Crippen MR) is 82.9 cm³/mol. The molecule has 1 aromatic heterocycles. The van der Waals surface area contributed by atoms with Crippen LogP contribution in [0.2, 0.25) is 0 Å². The van der Waals surface area contributed by atoms with Gasteiger partial charge in [0.15, 0.2) is 0 Å². The van der Waals surface area contributed by atoms with E-state index in [1.54, 1.807) is 6.07 Å². The smallest absolute Gasteiger partial charge is 0.140 e. The molecule has 4 rings (SSSR count). The SMILES string of the molecule is Cn1c(-c2ccc3c(c2)CCCN3)nc2ccc(F)cc21. The highest BCUT2D eigenvalue weighted by Crippen LogP contribution is 2.29. The predicted octanol–water partition coefficient (Wildman–Crippen LogP) is 3.74. The molecule has 3 nitrogen and oxygen atoms in total. The minimum atomic E-state index is -0.230. The van der Waals surface area contributed by atoms with E-state index in [1.807, 2.05) is 11.6 Å². The van der Waals surface area contributed by atoms with Crippen molar-refractivity contribution in [2.75, 3.05) is 11.9 Å². The molecule has 0 radical (unpaired) electrons. The zero-order chi connectivity index (χ0) is 14.4. The van der Waals surface area contributed by atoms with E-state index < -0.39 is 0 Å². The third kappa shape index (κ3) is 1.98. The van der Waals surface area contributed by atoms with E-state index >= 15 is 0 Å². The van der Waals surface area contributed by atoms with Crippen molar-refractivity contribution < 1.29 is 4.39 Å². The van der Waals surface area contributed by atoms with Gasteiger partial charge in [0.25, 0.3) is 0 Å². The summed E-state index contributed by atoms with van der Waals surface area (Å²) < 4.78 is 15.4. The molecule has 0 saturated carbocycles. The number of hydrogen-bond acceptors (Lipinski definition) is 2. The van der Waals surface area contributed by atoms with Crippen molar-refractivity contribution >= 4 is 16.7 Å². The number of hydrogen-bond donors (Lipinski definition) is 1. The molecule has 1 N–H and O–H groups in total. The van der Waals surface area contributed by atoms with Gasteiger partial charge in [-0.1, -0.05) is 0 Å². The first-order valence-electron chi connectivity index (χ1n) is 7.21. The maximum absolute atomic E-state index is 13.4. The number of halogens is 1. The van der Waals surface area contributed by atoms with Crippen LogP contribution in [0.1, 0.15) is 12.0 Å². The van der Waals surface area contributed by atoms with E-state index in [4.69, 9.17) is 0 Å². The molecule has 0 aliphatic carbocycles. The molecular weight excluding hydrogens is 265 g/mol. The quantitative estimate of drug-likeness (QED) is 0.736. The second kappa shape index (κ2) is 4.58. The van der Waals surface area contributed by atoms with Crippen LogP contribution < -0.4 is 5.32 Å². The molecule has 0 spiro atoms. The summed E-state index contributed by atoms with van der Waals surface area (Å²) in [4.78, 5) is 4.65. The molecule has 0 amide bonds. The minimum Gasteiger partial charge on any atom is -0.385 e. The van der Waals surface area contributed by atoms with Crippen LogP contribution >= 0.6 is 0 Å². The van der Waals surface area contributed by atoms with Crippen LogP contribution in [-0.4, -0.2) is 16.1 Å². The maximum Gasteiger partial charge on any atom is 0.140 e. The van der Waals surface area contributed by atoms with Crippen molar-refractivity contribution in [1.29, 1.82) is 0 Å². The Kier molecular flexibility index (Phi) is 2.70. The number of nitrogens with zero attached hydrogens (tertiary/aromatic N) is 2. The van der Waals surface area contributed by atoms with Gasteiger partial charge in [-0.05, 0) is 54.8 Å². The number of benzene rings is 2. The normalized spacial score (nSPS) is 14.0. The van der Waals surface area contributed by atoms with Gasteiger partial charge in [-0.3, -0.25) is 0 Å². The zero-order valence-electron chi connectivity index (χ0n) is 11.9. The van der Waals surface area contributed by atoms with Gasteiger partial charge in [-0.2, -0.15) is 0 Å². The summed E-state index contributed by atoms with van der Waals surface area (Å²) in [7, 11) is 1.93. The Hall–Kier alpha value is -2.36. The van der Waals surface area contributed by atoms with E-state index in [0.29, 0.717) is 0 Å². The number of anilines is 1. The molecule has 2 heterocycles. The molecule has 1 aliphatic heterocycles. The second-order valence-electron chi connectivity index (χ2n) is 5.53. The first-order chi connectivity index (χ1) is 10.2. The third-order valence-corrected chi connectivity index (χ3v) is 4.14. The lowest BCUT2D eigenvalue weighted by Gasteiger charge is -2.18. The van der Waals surface area contributed by atoms with Crippen LogP contribution in [0.4, 0.5) is 10.1 Å². The maximum atomic E-state index is 13.4. The van der Waals surface area contributed by atoms with Gasteiger partial charge in [-0.25, -0.2) is 9.37 Å². The summed E-state index contributed by atoms with van der Waals surface area (Å²) in [5.74, 6) is 0.649. The van der Waals surface area contributed by atoms with Crippen molar-refractivity contribution in [3.63, 3.8) is 0 Å². The molecule has 106 valence electrons. The Balaban J connectivity index is 1.88. The molecule has 21 heavy (non-hydrogen) atoms.